The van der Waals surface area contributed by atoms with Gasteiger partial charge in [-0.2, -0.15) is 0 Å². The maximum absolute atomic E-state index is 12.6. The van der Waals surface area contributed by atoms with Gasteiger partial charge in [0.05, 0.1) is 6.61 Å². The highest BCUT2D eigenvalue weighted by Crippen LogP contribution is 2.13. The van der Waals surface area contributed by atoms with Gasteiger partial charge in [-0.3, -0.25) is 9.59 Å². The Bertz CT molecular complexity index is 807. The maximum Gasteiger partial charge on any atom is 0.306 e. The number of hydrogen-bond donors (Lipinski definition) is 2. The summed E-state index contributed by atoms with van der Waals surface area (Å²) in [6.07, 6.45) is 41.3. The van der Waals surface area contributed by atoms with Crippen LogP contribution >= 0.6 is 0 Å². The van der Waals surface area contributed by atoms with Gasteiger partial charge in [0.15, 0.2) is 11.9 Å². The normalized spacial score (nSPS) is 13.7. The van der Waals surface area contributed by atoms with Crippen LogP contribution in [0.25, 0.3) is 0 Å². The van der Waals surface area contributed by atoms with E-state index in [1.165, 1.54) is 57.8 Å². The van der Waals surface area contributed by atoms with E-state index >= 15 is 0 Å². The molecule has 0 fully saturated rings. The number of ketones is 1. The molecule has 2 N–H and O–H groups in total. The number of carbonyl (C=O) groups excluding carboxylic acids is 2. The van der Waals surface area contributed by atoms with Gasteiger partial charge in [0.25, 0.3) is 0 Å². The second kappa shape index (κ2) is 33.6. The first-order valence-electron chi connectivity index (χ1n) is 17.8. The Balaban J connectivity index is 4.00. The van der Waals surface area contributed by atoms with Crippen LogP contribution in [0.2, 0.25) is 0 Å². The van der Waals surface area contributed by atoms with Crippen LogP contribution in [-0.4, -0.2) is 40.8 Å². The lowest BCUT2D eigenvalue weighted by Gasteiger charge is -2.20. The fraction of sp³-hybridized carbons (Fsp3) is 0.692. The number of rotatable bonds is 31. The van der Waals surface area contributed by atoms with E-state index in [0.29, 0.717) is 12.8 Å². The van der Waals surface area contributed by atoms with Crippen molar-refractivity contribution in [2.45, 2.75) is 167 Å². The lowest BCUT2D eigenvalue weighted by molar-refractivity contribution is -0.163. The molecule has 0 aliphatic carbocycles. The van der Waals surface area contributed by atoms with Gasteiger partial charge in [0, 0.05) is 12.8 Å². The van der Waals surface area contributed by atoms with Crippen LogP contribution in [0, 0.1) is 0 Å². The smallest absolute Gasteiger partial charge is 0.306 e. The van der Waals surface area contributed by atoms with Crippen molar-refractivity contribution < 1.29 is 24.5 Å². The maximum atomic E-state index is 12.6. The average Bonchev–Trinajstić information content (AvgIpc) is 3.03. The van der Waals surface area contributed by atoms with Crippen molar-refractivity contribution in [2.24, 2.45) is 0 Å². The lowest BCUT2D eigenvalue weighted by Crippen LogP contribution is -2.40. The van der Waals surface area contributed by atoms with Crippen molar-refractivity contribution >= 4 is 11.8 Å². The number of ether oxygens (including phenoxy) is 1. The first-order chi connectivity index (χ1) is 21.6. The molecule has 0 aromatic carbocycles. The quantitative estimate of drug-likeness (QED) is 0.0461. The van der Waals surface area contributed by atoms with Crippen LogP contribution in [0.4, 0.5) is 0 Å². The molecule has 0 aromatic heterocycles. The largest absolute Gasteiger partial charge is 0.451 e. The molecular weight excluding hydrogens is 548 g/mol. The Labute approximate surface area is 270 Å². The summed E-state index contributed by atoms with van der Waals surface area (Å²) in [6.45, 7) is 3.84. The molecule has 0 bridgehead atoms. The summed E-state index contributed by atoms with van der Waals surface area (Å²) in [5, 5.41) is 19.4. The van der Waals surface area contributed by atoms with E-state index in [4.69, 9.17) is 4.74 Å². The van der Waals surface area contributed by atoms with Gasteiger partial charge >= 0.3 is 5.97 Å². The molecule has 0 spiro atoms. The Morgan fingerprint density at radius 1 is 0.545 bits per heavy atom. The van der Waals surface area contributed by atoms with Crippen molar-refractivity contribution in [3.05, 3.63) is 60.8 Å². The average molecular weight is 615 g/mol. The van der Waals surface area contributed by atoms with Gasteiger partial charge in [-0.25, -0.2) is 0 Å². The summed E-state index contributed by atoms with van der Waals surface area (Å²) < 4.78 is 5.31. The Kier molecular flexibility index (Phi) is 31.9. The molecule has 0 radical (unpaired) electrons. The summed E-state index contributed by atoms with van der Waals surface area (Å²) in [5.41, 5.74) is 0. The van der Waals surface area contributed by atoms with Crippen LogP contribution in [0.5, 0.6) is 0 Å². The Hall–Kier alpha value is -2.24. The topological polar surface area (TPSA) is 83.8 Å². The van der Waals surface area contributed by atoms with Gasteiger partial charge < -0.3 is 14.9 Å². The molecular formula is C39H66O5. The fourth-order valence-electron chi connectivity index (χ4n) is 4.74. The number of aliphatic hydroxyl groups excluding tert-OH is 2. The Morgan fingerprint density at radius 2 is 0.955 bits per heavy atom. The minimum Gasteiger partial charge on any atom is -0.451 e. The van der Waals surface area contributed by atoms with Gasteiger partial charge in [-0.15, -0.1) is 0 Å². The van der Waals surface area contributed by atoms with Gasteiger partial charge in [-0.1, -0.05) is 126 Å². The van der Waals surface area contributed by atoms with Crippen LogP contribution in [0.1, 0.15) is 155 Å². The van der Waals surface area contributed by atoms with E-state index in [0.717, 1.165) is 57.8 Å². The molecule has 0 aromatic rings. The zero-order valence-corrected chi connectivity index (χ0v) is 28.3. The Morgan fingerprint density at radius 3 is 1.50 bits per heavy atom. The molecule has 252 valence electrons. The highest BCUT2D eigenvalue weighted by atomic mass is 16.6. The van der Waals surface area contributed by atoms with Crippen LogP contribution < -0.4 is 0 Å². The molecule has 0 saturated heterocycles. The third-order valence-electron chi connectivity index (χ3n) is 7.51. The molecule has 2 atom stereocenters. The molecule has 0 heterocycles. The third kappa shape index (κ3) is 28.5. The monoisotopic (exact) mass is 614 g/mol. The molecule has 0 aliphatic rings. The summed E-state index contributed by atoms with van der Waals surface area (Å²) >= 11 is 0. The van der Waals surface area contributed by atoms with Crippen molar-refractivity contribution in [1.82, 2.24) is 0 Å². The van der Waals surface area contributed by atoms with E-state index in [1.807, 2.05) is 6.08 Å². The van der Waals surface area contributed by atoms with Crippen molar-refractivity contribution in [3.8, 4) is 0 Å². The number of unbranched alkanes of at least 4 members (excludes halogenated alkanes) is 13. The molecule has 44 heavy (non-hydrogen) atoms. The second-order valence-corrected chi connectivity index (χ2v) is 11.7. The van der Waals surface area contributed by atoms with Gasteiger partial charge in [0.1, 0.15) is 6.10 Å². The zero-order valence-electron chi connectivity index (χ0n) is 28.3. The molecule has 2 unspecified atom stereocenters. The molecule has 5 heteroatoms. The summed E-state index contributed by atoms with van der Waals surface area (Å²) in [6, 6.07) is 0. The summed E-state index contributed by atoms with van der Waals surface area (Å²) in [5.74, 6) is -0.823. The molecule has 0 amide bonds. The van der Waals surface area contributed by atoms with Crippen molar-refractivity contribution in [1.29, 1.82) is 0 Å². The predicted octanol–water partition coefficient (Wildman–Crippen LogP) is 10.2. The van der Waals surface area contributed by atoms with E-state index in [1.54, 1.807) is 0 Å². The molecule has 0 rings (SSSR count). The minimum atomic E-state index is -1.38. The van der Waals surface area contributed by atoms with Crippen molar-refractivity contribution in [3.63, 3.8) is 0 Å². The molecule has 5 nitrogen and oxygen atoms in total. The SMILES string of the molecule is CCCCC/C=C\C/C=C\C/C=C\C/C=C\CCCC(=O)OC(C(=O)CCCCCCC/C=C\CCCCCC)C(O)CO. The first kappa shape index (κ1) is 41.8. The number of carbonyl (C=O) groups is 2. The van der Waals surface area contributed by atoms with Crippen LogP contribution in [0.15, 0.2) is 60.8 Å². The number of aliphatic hydroxyl groups is 2. The molecule has 0 aliphatic heterocycles. The number of Topliss-reactive ketones (excluding diaryl/α,β-unsaturated/α-hetero) is 1. The van der Waals surface area contributed by atoms with E-state index < -0.39 is 24.8 Å². The van der Waals surface area contributed by atoms with Crippen LogP contribution in [0.3, 0.4) is 0 Å². The van der Waals surface area contributed by atoms with Crippen molar-refractivity contribution in [2.75, 3.05) is 6.61 Å². The second-order valence-electron chi connectivity index (χ2n) is 11.7. The first-order valence-corrected chi connectivity index (χ1v) is 17.8. The molecule has 0 saturated carbocycles. The number of hydrogen-bond acceptors (Lipinski definition) is 5. The minimum absolute atomic E-state index is 0.174. The van der Waals surface area contributed by atoms with Crippen LogP contribution in [-0.2, 0) is 14.3 Å². The van der Waals surface area contributed by atoms with Gasteiger partial charge in [-0.05, 0) is 77.0 Å². The van der Waals surface area contributed by atoms with E-state index in [9.17, 15) is 19.8 Å². The van der Waals surface area contributed by atoms with E-state index in [-0.39, 0.29) is 18.6 Å². The van der Waals surface area contributed by atoms with E-state index in [2.05, 4.69) is 68.5 Å². The van der Waals surface area contributed by atoms with Gasteiger partial charge in [0.2, 0.25) is 0 Å². The highest BCUT2D eigenvalue weighted by Gasteiger charge is 2.29. The highest BCUT2D eigenvalue weighted by molar-refractivity contribution is 5.86. The number of esters is 1. The third-order valence-corrected chi connectivity index (χ3v) is 7.51. The summed E-state index contributed by atoms with van der Waals surface area (Å²) in [7, 11) is 0. The predicted molar refractivity (Wildman–Crippen MR) is 187 cm³/mol. The lowest BCUT2D eigenvalue weighted by atomic mass is 10.0. The summed E-state index contributed by atoms with van der Waals surface area (Å²) in [4.78, 5) is 24.9. The standard InChI is InChI=1S/C39H66O5/c1-3-5-7-9-11-13-15-17-18-19-20-22-24-26-28-30-32-34-38(43)44-39(37(42)35-40)36(41)33-31-29-27-25-23-21-16-14-12-10-8-6-4-2/h11,13-14,16-18,20,22,26,28,37,39-40,42H,3-10,12,15,19,21,23-25,27,29-35H2,1-2H3/b13-11-,16-14-,18-17-,22-20-,28-26-. The fourth-order valence-corrected chi connectivity index (χ4v) is 4.74. The number of allylic oxidation sites excluding steroid dienone is 10. The zero-order chi connectivity index (χ0) is 32.4.